The number of pyridine rings is 1. The summed E-state index contributed by atoms with van der Waals surface area (Å²) in [6.07, 6.45) is 0.721. The number of hydrogen-bond acceptors (Lipinski definition) is 6. The summed E-state index contributed by atoms with van der Waals surface area (Å²) in [6, 6.07) is 2.92. The maximum Gasteiger partial charge on any atom is 0.341 e. The number of aromatic nitrogens is 1. The highest BCUT2D eigenvalue weighted by atomic mass is 19.1. The Hall–Kier alpha value is -3.93. The number of hydrogen-bond donors (Lipinski definition) is 2. The van der Waals surface area contributed by atoms with Gasteiger partial charge in [0.15, 0.2) is 11.5 Å². The number of rotatable bonds is 4. The molecule has 0 saturated carbocycles. The van der Waals surface area contributed by atoms with Gasteiger partial charge in [0.1, 0.15) is 22.7 Å². The number of halogens is 3. The van der Waals surface area contributed by atoms with Gasteiger partial charge in [-0.2, -0.15) is 0 Å². The van der Waals surface area contributed by atoms with Crippen LogP contribution in [-0.2, 0) is 0 Å². The summed E-state index contributed by atoms with van der Waals surface area (Å²) in [6.45, 7) is 2.65. The van der Waals surface area contributed by atoms with Gasteiger partial charge in [0.05, 0.1) is 16.0 Å². The number of fused-ring (bicyclic) bond motifs is 1. The van der Waals surface area contributed by atoms with Gasteiger partial charge in [-0.05, 0) is 25.1 Å². The number of nitro groups is 1. The summed E-state index contributed by atoms with van der Waals surface area (Å²) in [4.78, 5) is 37.1. The van der Waals surface area contributed by atoms with E-state index in [4.69, 9.17) is 0 Å². The van der Waals surface area contributed by atoms with E-state index in [-0.39, 0.29) is 19.1 Å². The zero-order chi connectivity index (χ0) is 24.0. The second kappa shape index (κ2) is 8.20. The van der Waals surface area contributed by atoms with Crippen molar-refractivity contribution in [2.45, 2.75) is 13.0 Å². The first kappa shape index (κ1) is 22.3. The van der Waals surface area contributed by atoms with E-state index in [1.807, 2.05) is 0 Å². The molecule has 1 saturated heterocycles. The lowest BCUT2D eigenvalue weighted by atomic mass is 10.1. The summed E-state index contributed by atoms with van der Waals surface area (Å²) >= 11 is 0. The van der Waals surface area contributed by atoms with Crippen LogP contribution < -0.4 is 15.6 Å². The number of carboxylic acid groups (broad SMARTS) is 1. The zero-order valence-electron chi connectivity index (χ0n) is 17.1. The lowest BCUT2D eigenvalue weighted by Gasteiger charge is -2.33. The number of benzene rings is 2. The second-order valence-electron chi connectivity index (χ2n) is 7.65. The summed E-state index contributed by atoms with van der Waals surface area (Å²) in [7, 11) is 0. The molecule has 172 valence electrons. The van der Waals surface area contributed by atoms with Crippen LogP contribution in [0.15, 0.2) is 35.3 Å². The molecule has 1 unspecified atom stereocenters. The van der Waals surface area contributed by atoms with E-state index >= 15 is 4.39 Å². The van der Waals surface area contributed by atoms with Gasteiger partial charge in [-0.3, -0.25) is 14.9 Å². The lowest BCUT2D eigenvalue weighted by molar-refractivity contribution is -0.382. The average molecular weight is 462 g/mol. The normalized spacial score (nSPS) is 16.2. The van der Waals surface area contributed by atoms with Crippen molar-refractivity contribution in [3.05, 3.63) is 73.8 Å². The highest BCUT2D eigenvalue weighted by Gasteiger charge is 2.33. The molecule has 9 nitrogen and oxygen atoms in total. The number of carbonyl (C=O) groups is 1. The first-order chi connectivity index (χ1) is 15.6. The van der Waals surface area contributed by atoms with Gasteiger partial charge in [0.25, 0.3) is 0 Å². The van der Waals surface area contributed by atoms with Crippen LogP contribution in [0.1, 0.15) is 17.3 Å². The van der Waals surface area contributed by atoms with Crippen molar-refractivity contribution in [1.29, 1.82) is 0 Å². The molecular weight excluding hydrogens is 445 g/mol. The summed E-state index contributed by atoms with van der Waals surface area (Å²) < 4.78 is 44.2. The minimum atomic E-state index is -1.69. The van der Waals surface area contributed by atoms with Gasteiger partial charge in [-0.15, -0.1) is 0 Å². The van der Waals surface area contributed by atoms with E-state index in [2.05, 4.69) is 5.32 Å². The molecule has 33 heavy (non-hydrogen) atoms. The average Bonchev–Trinajstić information content (AvgIpc) is 2.73. The van der Waals surface area contributed by atoms with Gasteiger partial charge in [0, 0.05) is 37.9 Å². The van der Waals surface area contributed by atoms with Gasteiger partial charge in [-0.1, -0.05) is 0 Å². The molecule has 1 aromatic heterocycles. The molecular formula is C21H17F3N4O5. The number of nitro benzene ring substituents is 1. The second-order valence-corrected chi connectivity index (χ2v) is 7.65. The van der Waals surface area contributed by atoms with Crippen molar-refractivity contribution in [2.75, 3.05) is 24.5 Å². The molecule has 1 aliphatic rings. The minimum absolute atomic E-state index is 0.125. The third kappa shape index (κ3) is 3.78. The third-order valence-electron chi connectivity index (χ3n) is 5.46. The van der Waals surface area contributed by atoms with Crippen LogP contribution in [0.3, 0.4) is 0 Å². The summed E-state index contributed by atoms with van der Waals surface area (Å²) in [5.74, 6) is -4.88. The van der Waals surface area contributed by atoms with E-state index in [9.17, 15) is 33.6 Å². The number of nitrogens with zero attached hydrogens (tertiary/aromatic N) is 3. The summed E-state index contributed by atoms with van der Waals surface area (Å²) in [5, 5.41) is 24.1. The molecule has 1 fully saturated rings. The van der Waals surface area contributed by atoms with E-state index < -0.39 is 67.3 Å². The fourth-order valence-electron chi connectivity index (χ4n) is 4.06. The zero-order valence-corrected chi connectivity index (χ0v) is 17.1. The van der Waals surface area contributed by atoms with Crippen LogP contribution in [0.2, 0.25) is 0 Å². The van der Waals surface area contributed by atoms with Crippen molar-refractivity contribution >= 4 is 28.2 Å². The molecule has 1 atom stereocenters. The number of aromatic carboxylic acids is 1. The standard InChI is InChI=1S/C21H17F3N4O5/c1-10-8-26(5-4-25-10)18-15(24)7-12-17(19(18)28(32)33)27(9-13(20(12)29)21(30)31)16-3-2-11(22)6-14(16)23/h2-3,6-7,9-10,25H,4-5,8H2,1H3,(H,30,31). The molecule has 3 aromatic rings. The Bertz CT molecular complexity index is 1370. The Morgan fingerprint density at radius 3 is 2.58 bits per heavy atom. The summed E-state index contributed by atoms with van der Waals surface area (Å²) in [5.41, 5.74) is -4.19. The third-order valence-corrected chi connectivity index (χ3v) is 5.46. The van der Waals surface area contributed by atoms with Gasteiger partial charge in [-0.25, -0.2) is 18.0 Å². The van der Waals surface area contributed by atoms with Crippen LogP contribution in [-0.4, -0.2) is 46.2 Å². The van der Waals surface area contributed by atoms with Crippen molar-refractivity contribution < 1.29 is 28.0 Å². The maximum absolute atomic E-state index is 15.2. The van der Waals surface area contributed by atoms with Crippen molar-refractivity contribution in [2.24, 2.45) is 0 Å². The van der Waals surface area contributed by atoms with Gasteiger partial charge >= 0.3 is 11.7 Å². The number of piperazine rings is 1. The Morgan fingerprint density at radius 2 is 1.97 bits per heavy atom. The highest BCUT2D eigenvalue weighted by molar-refractivity contribution is 5.99. The van der Waals surface area contributed by atoms with Crippen molar-refractivity contribution in [3.63, 3.8) is 0 Å². The number of carboxylic acids is 1. The Labute approximate surface area is 183 Å². The highest BCUT2D eigenvalue weighted by Crippen LogP contribution is 2.39. The molecule has 0 radical (unpaired) electrons. The van der Waals surface area contributed by atoms with Crippen LogP contribution in [0.25, 0.3) is 16.6 Å². The van der Waals surface area contributed by atoms with E-state index in [0.29, 0.717) is 12.6 Å². The Balaban J connectivity index is 2.19. The SMILES string of the molecule is CC1CN(c2c(F)cc3c(=O)c(C(=O)O)cn(-c4ccc(F)cc4F)c3c2[N+](=O)[O-])CCN1. The van der Waals surface area contributed by atoms with E-state index in [1.165, 1.54) is 4.90 Å². The van der Waals surface area contributed by atoms with Crippen LogP contribution in [0, 0.1) is 27.6 Å². The molecule has 4 rings (SSSR count). The molecule has 0 aliphatic carbocycles. The minimum Gasteiger partial charge on any atom is -0.477 e. The predicted octanol–water partition coefficient (Wildman–Crippen LogP) is 2.81. The molecule has 12 heteroatoms. The number of anilines is 1. The Kier molecular flexibility index (Phi) is 5.54. The Morgan fingerprint density at radius 1 is 1.24 bits per heavy atom. The molecule has 2 N–H and O–H groups in total. The largest absolute Gasteiger partial charge is 0.477 e. The van der Waals surface area contributed by atoms with Crippen molar-refractivity contribution in [3.8, 4) is 5.69 Å². The number of nitrogens with one attached hydrogen (secondary N) is 1. The molecule has 2 heterocycles. The molecule has 0 bridgehead atoms. The topological polar surface area (TPSA) is 118 Å². The predicted molar refractivity (Wildman–Crippen MR) is 113 cm³/mol. The van der Waals surface area contributed by atoms with Crippen LogP contribution >= 0.6 is 0 Å². The molecule has 1 aliphatic heterocycles. The monoisotopic (exact) mass is 462 g/mol. The first-order valence-electron chi connectivity index (χ1n) is 9.83. The quantitative estimate of drug-likeness (QED) is 0.452. The molecule has 2 aromatic carbocycles. The smallest absolute Gasteiger partial charge is 0.341 e. The maximum atomic E-state index is 15.2. The van der Waals surface area contributed by atoms with Gasteiger partial charge in [0.2, 0.25) is 5.43 Å². The van der Waals surface area contributed by atoms with Crippen LogP contribution in [0.4, 0.5) is 24.5 Å². The first-order valence-corrected chi connectivity index (χ1v) is 9.83. The van der Waals surface area contributed by atoms with Gasteiger partial charge < -0.3 is 19.9 Å². The van der Waals surface area contributed by atoms with Crippen molar-refractivity contribution in [1.82, 2.24) is 9.88 Å². The van der Waals surface area contributed by atoms with E-state index in [1.54, 1.807) is 6.92 Å². The fourth-order valence-corrected chi connectivity index (χ4v) is 4.06. The van der Waals surface area contributed by atoms with Crippen LogP contribution in [0.5, 0.6) is 0 Å². The molecule has 0 amide bonds. The van der Waals surface area contributed by atoms with E-state index in [0.717, 1.165) is 29.0 Å². The molecule has 0 spiro atoms. The fraction of sp³-hybridized carbons (Fsp3) is 0.238. The lowest BCUT2D eigenvalue weighted by Crippen LogP contribution is -2.49.